The van der Waals surface area contributed by atoms with Crippen molar-refractivity contribution in [2.75, 3.05) is 18.5 Å². The summed E-state index contributed by atoms with van der Waals surface area (Å²) in [6.07, 6.45) is 0. The Bertz CT molecular complexity index is 356. The summed E-state index contributed by atoms with van der Waals surface area (Å²) in [5, 5.41) is 13.6. The monoisotopic (exact) mass is 166 g/mol. The van der Waals surface area contributed by atoms with E-state index in [4.69, 9.17) is 5.26 Å². The van der Waals surface area contributed by atoms with Gasteiger partial charge in [0.1, 0.15) is 11.9 Å². The normalized spacial score (nSPS) is 9.42. The predicted octanol–water partition coefficient (Wildman–Crippen LogP) is 0.0308. The number of aromatic nitrogens is 2. The quantitative estimate of drug-likeness (QED) is 0.650. The van der Waals surface area contributed by atoms with Gasteiger partial charge in [-0.25, -0.2) is 0 Å². The summed E-state index contributed by atoms with van der Waals surface area (Å²) in [6.45, 7) is 2.68. The Morgan fingerprint density at radius 3 is 2.75 bits per heavy atom. The number of nitrogens with one attached hydrogen (secondary N) is 2. The minimum absolute atomic E-state index is 0.138. The van der Waals surface area contributed by atoms with Crippen LogP contribution in [-0.2, 0) is 0 Å². The Labute approximate surface area is 69.6 Å². The van der Waals surface area contributed by atoms with Gasteiger partial charge in [-0.2, -0.15) is 5.26 Å². The molecule has 0 spiro atoms. The molecule has 1 aromatic rings. The van der Waals surface area contributed by atoms with Crippen LogP contribution in [0.5, 0.6) is 0 Å². The van der Waals surface area contributed by atoms with E-state index in [0.717, 1.165) is 6.54 Å². The molecule has 0 aliphatic heterocycles. The second-order valence-electron chi connectivity index (χ2n) is 2.43. The number of H-pyrrole nitrogens is 2. The highest BCUT2D eigenvalue weighted by Gasteiger charge is 2.11. The first-order chi connectivity index (χ1) is 5.70. The highest BCUT2D eigenvalue weighted by atomic mass is 16.1. The largest absolute Gasteiger partial charge is 0.359 e. The van der Waals surface area contributed by atoms with Crippen LogP contribution < -0.4 is 10.5 Å². The summed E-state index contributed by atoms with van der Waals surface area (Å²) in [6, 6.07) is 1.84. The van der Waals surface area contributed by atoms with E-state index in [1.54, 1.807) is 11.9 Å². The molecule has 5 heteroatoms. The Balaban J connectivity index is 3.18. The molecule has 0 atom stereocenters. The minimum Gasteiger partial charge on any atom is -0.359 e. The van der Waals surface area contributed by atoms with E-state index in [-0.39, 0.29) is 11.1 Å². The van der Waals surface area contributed by atoms with Gasteiger partial charge < -0.3 is 4.90 Å². The molecule has 12 heavy (non-hydrogen) atoms. The van der Waals surface area contributed by atoms with E-state index in [2.05, 4.69) is 10.2 Å². The molecule has 2 N–H and O–H groups in total. The van der Waals surface area contributed by atoms with Gasteiger partial charge in [-0.3, -0.25) is 15.0 Å². The lowest BCUT2D eigenvalue weighted by Crippen LogP contribution is -2.18. The molecular formula is C7H10N4O. The summed E-state index contributed by atoms with van der Waals surface area (Å²) in [5.41, 5.74) is -0.229. The van der Waals surface area contributed by atoms with Gasteiger partial charge in [-0.1, -0.05) is 0 Å². The van der Waals surface area contributed by atoms with E-state index in [1.807, 2.05) is 13.0 Å². The number of aromatic amines is 2. The first-order valence-corrected chi connectivity index (χ1v) is 3.62. The lowest BCUT2D eigenvalue weighted by atomic mass is 10.3. The van der Waals surface area contributed by atoms with Gasteiger partial charge in [0.15, 0.2) is 5.56 Å². The second-order valence-corrected chi connectivity index (χ2v) is 2.43. The number of hydrogen-bond acceptors (Lipinski definition) is 3. The van der Waals surface area contributed by atoms with Crippen molar-refractivity contribution in [1.82, 2.24) is 10.2 Å². The Morgan fingerprint density at radius 2 is 2.25 bits per heavy atom. The Morgan fingerprint density at radius 1 is 1.58 bits per heavy atom. The molecule has 0 aromatic carbocycles. The fourth-order valence-corrected chi connectivity index (χ4v) is 0.897. The molecule has 0 saturated heterocycles. The Hall–Kier alpha value is -1.70. The summed E-state index contributed by atoms with van der Waals surface area (Å²) in [5.74, 6) is 0.546. The van der Waals surface area contributed by atoms with Crippen molar-refractivity contribution in [3.05, 3.63) is 15.9 Å². The maximum atomic E-state index is 11.0. The summed E-state index contributed by atoms with van der Waals surface area (Å²) in [4.78, 5) is 12.7. The molecule has 0 bridgehead atoms. The van der Waals surface area contributed by atoms with E-state index in [1.165, 1.54) is 0 Å². The molecule has 0 fully saturated rings. The van der Waals surface area contributed by atoms with Crippen LogP contribution in [0.25, 0.3) is 0 Å². The lowest BCUT2D eigenvalue weighted by Gasteiger charge is -2.13. The molecule has 64 valence electrons. The number of rotatable bonds is 2. The number of hydrogen-bond donors (Lipinski definition) is 2. The maximum Gasteiger partial charge on any atom is 0.284 e. The highest BCUT2D eigenvalue weighted by molar-refractivity contribution is 5.51. The van der Waals surface area contributed by atoms with Crippen molar-refractivity contribution >= 4 is 5.82 Å². The van der Waals surface area contributed by atoms with Crippen LogP contribution in [0.15, 0.2) is 4.79 Å². The van der Waals surface area contributed by atoms with Crippen LogP contribution in [0.4, 0.5) is 5.82 Å². The fourth-order valence-electron chi connectivity index (χ4n) is 0.897. The fraction of sp³-hybridized carbons (Fsp3) is 0.429. The van der Waals surface area contributed by atoms with Crippen LogP contribution in [0.1, 0.15) is 12.5 Å². The van der Waals surface area contributed by atoms with E-state index in [9.17, 15) is 4.79 Å². The van der Waals surface area contributed by atoms with Gasteiger partial charge >= 0.3 is 0 Å². The van der Waals surface area contributed by atoms with Gasteiger partial charge in [0.05, 0.1) is 0 Å². The molecule has 0 amide bonds. The molecule has 0 saturated carbocycles. The molecule has 1 rings (SSSR count). The average Bonchev–Trinajstić information content (AvgIpc) is 2.45. The lowest BCUT2D eigenvalue weighted by molar-refractivity contribution is 0.918. The smallest absolute Gasteiger partial charge is 0.284 e. The molecule has 0 unspecified atom stereocenters. The van der Waals surface area contributed by atoms with Gasteiger partial charge in [-0.15, -0.1) is 0 Å². The van der Waals surface area contributed by atoms with Crippen LogP contribution in [-0.4, -0.2) is 23.8 Å². The first kappa shape index (κ1) is 8.40. The van der Waals surface area contributed by atoms with Crippen molar-refractivity contribution in [1.29, 1.82) is 5.26 Å². The highest BCUT2D eigenvalue weighted by Crippen LogP contribution is 2.09. The third-order valence-electron chi connectivity index (χ3n) is 1.73. The van der Waals surface area contributed by atoms with Gasteiger partial charge in [0.25, 0.3) is 5.56 Å². The molecule has 1 aromatic heterocycles. The Kier molecular flexibility index (Phi) is 2.19. The van der Waals surface area contributed by atoms with Crippen molar-refractivity contribution in [2.45, 2.75) is 6.92 Å². The molecule has 0 radical (unpaired) electrons. The molecule has 1 heterocycles. The molecular weight excluding hydrogens is 156 g/mol. The van der Waals surface area contributed by atoms with E-state index < -0.39 is 0 Å². The second kappa shape index (κ2) is 3.13. The first-order valence-electron chi connectivity index (χ1n) is 3.62. The average molecular weight is 166 g/mol. The zero-order valence-electron chi connectivity index (χ0n) is 7.01. The topological polar surface area (TPSA) is 75.7 Å². The molecule has 5 nitrogen and oxygen atoms in total. The number of anilines is 1. The zero-order chi connectivity index (χ0) is 9.14. The van der Waals surface area contributed by atoms with E-state index >= 15 is 0 Å². The standard InChI is InChI=1S/C7H10N4O/c1-3-11(2)6-5(4-8)7(12)10-9-6/h3H2,1-2H3,(H2,9,10,12). The third-order valence-corrected chi connectivity index (χ3v) is 1.73. The minimum atomic E-state index is -0.368. The summed E-state index contributed by atoms with van der Waals surface area (Å²) >= 11 is 0. The van der Waals surface area contributed by atoms with Crippen LogP contribution in [0.3, 0.4) is 0 Å². The predicted molar refractivity (Wildman–Crippen MR) is 45.1 cm³/mol. The molecule has 0 aliphatic rings. The van der Waals surface area contributed by atoms with Crippen molar-refractivity contribution < 1.29 is 0 Å². The van der Waals surface area contributed by atoms with Gasteiger partial charge in [-0.05, 0) is 6.92 Å². The van der Waals surface area contributed by atoms with Crippen LogP contribution in [0.2, 0.25) is 0 Å². The van der Waals surface area contributed by atoms with E-state index in [0.29, 0.717) is 5.82 Å². The van der Waals surface area contributed by atoms with Crippen LogP contribution >= 0.6 is 0 Å². The molecule has 0 aliphatic carbocycles. The van der Waals surface area contributed by atoms with Crippen molar-refractivity contribution in [2.24, 2.45) is 0 Å². The third kappa shape index (κ3) is 1.19. The summed E-state index contributed by atoms with van der Waals surface area (Å²) < 4.78 is 0. The van der Waals surface area contributed by atoms with Crippen molar-refractivity contribution in [3.63, 3.8) is 0 Å². The number of nitrogens with zero attached hydrogens (tertiary/aromatic N) is 2. The zero-order valence-corrected chi connectivity index (χ0v) is 7.01. The van der Waals surface area contributed by atoms with Gasteiger partial charge in [0.2, 0.25) is 0 Å². The van der Waals surface area contributed by atoms with Crippen LogP contribution in [0, 0.1) is 11.3 Å². The van der Waals surface area contributed by atoms with Crippen molar-refractivity contribution in [3.8, 4) is 6.07 Å². The summed E-state index contributed by atoms with van der Waals surface area (Å²) in [7, 11) is 1.81. The maximum absolute atomic E-state index is 11.0. The van der Waals surface area contributed by atoms with Gasteiger partial charge in [0, 0.05) is 13.6 Å². The SMILES string of the molecule is CCN(C)c1[nH][nH]c(=O)c1C#N. The number of nitriles is 1.